The Morgan fingerprint density at radius 1 is 1.50 bits per heavy atom. The minimum atomic E-state index is 0.0714. The van der Waals surface area contributed by atoms with Crippen LogP contribution in [0.1, 0.15) is 12.8 Å². The van der Waals surface area contributed by atoms with E-state index < -0.39 is 0 Å². The minimum Gasteiger partial charge on any atom is -0.396 e. The van der Waals surface area contributed by atoms with Gasteiger partial charge in [-0.15, -0.1) is 0 Å². The van der Waals surface area contributed by atoms with Crippen molar-refractivity contribution in [3.8, 4) is 0 Å². The van der Waals surface area contributed by atoms with E-state index in [-0.39, 0.29) is 12.6 Å². The van der Waals surface area contributed by atoms with E-state index in [9.17, 15) is 0 Å². The molecule has 1 atom stereocenters. The maximum absolute atomic E-state index is 8.31. The third-order valence-corrected chi connectivity index (χ3v) is 1.04. The molecule has 0 radical (unpaired) electrons. The van der Waals surface area contributed by atoms with Crippen LogP contribution in [0.3, 0.4) is 0 Å². The van der Waals surface area contributed by atoms with E-state index in [0.717, 1.165) is 12.8 Å². The highest BCUT2D eigenvalue weighted by atomic mass is 16.2. The molecule has 0 saturated carbocycles. The number of aliphatic hydroxyl groups is 1. The summed E-state index contributed by atoms with van der Waals surface area (Å²) >= 11 is 0. The first-order valence-corrected chi connectivity index (χ1v) is 2.87. The first kappa shape index (κ1) is 7.88. The number of hydrogen-bond donors (Lipinski definition) is 3. The van der Waals surface area contributed by atoms with Crippen LogP contribution in [0.2, 0.25) is 0 Å². The third kappa shape index (κ3) is 4.05. The van der Waals surface area contributed by atoms with Gasteiger partial charge in [0.25, 0.3) is 0 Å². The summed E-state index contributed by atoms with van der Waals surface area (Å²) in [5, 5.41) is 8.31. The largest absolute Gasteiger partial charge is 0.396 e. The first-order chi connectivity index (χ1) is 3.81. The maximum atomic E-state index is 8.31. The Hall–Kier alpha value is -0.120. The van der Waals surface area contributed by atoms with Crippen molar-refractivity contribution < 1.29 is 5.11 Å². The van der Waals surface area contributed by atoms with Gasteiger partial charge in [-0.05, 0) is 12.8 Å². The lowest BCUT2D eigenvalue weighted by atomic mass is 10.2. The number of aliphatic hydroxyl groups excluding tert-OH is 1. The highest BCUT2D eigenvalue weighted by molar-refractivity contribution is 4.59. The third-order valence-electron chi connectivity index (χ3n) is 1.04. The Morgan fingerprint density at radius 2 is 2.12 bits per heavy atom. The van der Waals surface area contributed by atoms with E-state index in [1.54, 1.807) is 0 Å². The fourth-order valence-corrected chi connectivity index (χ4v) is 0.471. The molecule has 0 aromatic carbocycles. The number of hydrogen-bond acceptors (Lipinski definition) is 3. The van der Waals surface area contributed by atoms with Crippen LogP contribution in [-0.4, -0.2) is 24.3 Å². The maximum Gasteiger partial charge on any atom is 0.0431 e. The summed E-state index contributed by atoms with van der Waals surface area (Å²) in [6.07, 6.45) is 1.59. The molecule has 3 nitrogen and oxygen atoms in total. The van der Waals surface area contributed by atoms with Crippen molar-refractivity contribution in [1.82, 2.24) is 0 Å². The van der Waals surface area contributed by atoms with Crippen LogP contribution in [0.4, 0.5) is 0 Å². The van der Waals surface area contributed by atoms with Gasteiger partial charge in [-0.1, -0.05) is 0 Å². The van der Waals surface area contributed by atoms with E-state index in [1.165, 1.54) is 0 Å². The van der Waals surface area contributed by atoms with E-state index in [4.69, 9.17) is 16.6 Å². The zero-order chi connectivity index (χ0) is 6.41. The molecule has 0 saturated heterocycles. The summed E-state index contributed by atoms with van der Waals surface area (Å²) in [5.74, 6) is 0. The normalized spacial score (nSPS) is 13.9. The lowest BCUT2D eigenvalue weighted by molar-refractivity contribution is 0.280. The van der Waals surface area contributed by atoms with Crippen molar-refractivity contribution in [1.29, 1.82) is 0 Å². The Bertz CT molecular complexity index is 49.7. The molecule has 0 aromatic heterocycles. The highest BCUT2D eigenvalue weighted by Gasteiger charge is 1.95. The summed E-state index contributed by atoms with van der Waals surface area (Å²) in [6, 6.07) is 0.0714. The van der Waals surface area contributed by atoms with E-state index in [1.807, 2.05) is 0 Å². The van der Waals surface area contributed by atoms with Crippen molar-refractivity contribution >= 4 is 0 Å². The van der Waals surface area contributed by atoms with Crippen LogP contribution in [0.5, 0.6) is 0 Å². The average Bonchev–Trinajstić information content (AvgIpc) is 1.83. The van der Waals surface area contributed by atoms with Crippen LogP contribution >= 0.6 is 0 Å². The van der Waals surface area contributed by atoms with Gasteiger partial charge in [0.15, 0.2) is 0 Å². The molecule has 0 heterocycles. The summed E-state index contributed by atoms with van der Waals surface area (Å²) in [4.78, 5) is 0. The Morgan fingerprint density at radius 3 is 2.50 bits per heavy atom. The lowest BCUT2D eigenvalue weighted by Gasteiger charge is -2.04. The molecule has 0 spiro atoms. The molecular formula is C5H14N2O. The van der Waals surface area contributed by atoms with Crippen molar-refractivity contribution in [3.63, 3.8) is 0 Å². The molecule has 0 rings (SSSR count). The van der Waals surface area contributed by atoms with E-state index in [0.29, 0.717) is 6.54 Å². The van der Waals surface area contributed by atoms with Gasteiger partial charge in [-0.25, -0.2) is 0 Å². The lowest BCUT2D eigenvalue weighted by Crippen LogP contribution is -2.29. The molecule has 0 aromatic rings. The SMILES string of the molecule is NCC(N)CCCO. The van der Waals surface area contributed by atoms with Crippen LogP contribution < -0.4 is 11.5 Å². The van der Waals surface area contributed by atoms with Gasteiger partial charge >= 0.3 is 0 Å². The number of rotatable bonds is 4. The second kappa shape index (κ2) is 5.03. The summed E-state index contributed by atoms with van der Waals surface area (Å²) in [6.45, 7) is 0.730. The molecule has 1 unspecified atom stereocenters. The van der Waals surface area contributed by atoms with Crippen molar-refractivity contribution in [2.24, 2.45) is 11.5 Å². The zero-order valence-corrected chi connectivity index (χ0v) is 5.01. The molecule has 8 heavy (non-hydrogen) atoms. The monoisotopic (exact) mass is 118 g/mol. The predicted octanol–water partition coefficient (Wildman–Crippen LogP) is -0.955. The topological polar surface area (TPSA) is 72.3 Å². The van der Waals surface area contributed by atoms with Gasteiger partial charge in [-0.3, -0.25) is 0 Å². The first-order valence-electron chi connectivity index (χ1n) is 2.87. The smallest absolute Gasteiger partial charge is 0.0431 e. The molecular weight excluding hydrogens is 104 g/mol. The second-order valence-corrected chi connectivity index (χ2v) is 1.86. The Balaban J connectivity index is 2.86. The fourth-order valence-electron chi connectivity index (χ4n) is 0.471. The molecule has 0 bridgehead atoms. The quantitative estimate of drug-likeness (QED) is 0.445. The standard InChI is InChI=1S/C5H14N2O/c6-4-5(7)2-1-3-8/h5,8H,1-4,6-7H2. The second-order valence-electron chi connectivity index (χ2n) is 1.86. The van der Waals surface area contributed by atoms with Crippen molar-refractivity contribution in [3.05, 3.63) is 0 Å². The molecule has 50 valence electrons. The van der Waals surface area contributed by atoms with Crippen LogP contribution in [-0.2, 0) is 0 Å². The Kier molecular flexibility index (Phi) is 4.95. The fraction of sp³-hybridized carbons (Fsp3) is 1.00. The van der Waals surface area contributed by atoms with Crippen molar-refractivity contribution in [2.75, 3.05) is 13.2 Å². The molecule has 0 aliphatic heterocycles. The molecule has 0 amide bonds. The van der Waals surface area contributed by atoms with E-state index >= 15 is 0 Å². The van der Waals surface area contributed by atoms with Crippen LogP contribution in [0.15, 0.2) is 0 Å². The van der Waals surface area contributed by atoms with Gasteiger partial charge in [0.05, 0.1) is 0 Å². The summed E-state index contributed by atoms with van der Waals surface area (Å²) in [7, 11) is 0. The van der Waals surface area contributed by atoms with Gasteiger partial charge in [-0.2, -0.15) is 0 Å². The van der Waals surface area contributed by atoms with Crippen LogP contribution in [0, 0.1) is 0 Å². The summed E-state index contributed by atoms with van der Waals surface area (Å²) in [5.41, 5.74) is 10.6. The molecule has 0 fully saturated rings. The minimum absolute atomic E-state index is 0.0714. The zero-order valence-electron chi connectivity index (χ0n) is 5.01. The van der Waals surface area contributed by atoms with Crippen LogP contribution in [0.25, 0.3) is 0 Å². The molecule has 0 aliphatic rings. The highest BCUT2D eigenvalue weighted by Crippen LogP contribution is 1.89. The van der Waals surface area contributed by atoms with Gasteiger partial charge in [0.1, 0.15) is 0 Å². The van der Waals surface area contributed by atoms with Gasteiger partial charge in [0.2, 0.25) is 0 Å². The predicted molar refractivity (Wildman–Crippen MR) is 33.3 cm³/mol. The summed E-state index contributed by atoms with van der Waals surface area (Å²) < 4.78 is 0. The molecule has 0 aliphatic carbocycles. The van der Waals surface area contributed by atoms with Gasteiger partial charge in [0, 0.05) is 19.2 Å². The number of nitrogens with two attached hydrogens (primary N) is 2. The van der Waals surface area contributed by atoms with E-state index in [2.05, 4.69) is 0 Å². The average molecular weight is 118 g/mol. The molecule has 3 heteroatoms. The molecule has 5 N–H and O–H groups in total. The van der Waals surface area contributed by atoms with Gasteiger partial charge < -0.3 is 16.6 Å². The Labute approximate surface area is 49.7 Å². The van der Waals surface area contributed by atoms with Crippen molar-refractivity contribution in [2.45, 2.75) is 18.9 Å².